The molecule has 1 unspecified atom stereocenters. The highest BCUT2D eigenvalue weighted by Gasteiger charge is 2.15. The maximum absolute atomic E-state index is 10.3. The molecule has 0 aromatic heterocycles. The molecule has 0 bridgehead atoms. The molecule has 0 aliphatic carbocycles. The van der Waals surface area contributed by atoms with Crippen LogP contribution < -0.4 is 10.1 Å². The zero-order chi connectivity index (χ0) is 15.6. The minimum absolute atomic E-state index is 0.420. The zero-order valence-corrected chi connectivity index (χ0v) is 13.8. The fourth-order valence-corrected chi connectivity index (χ4v) is 2.75. The largest absolute Gasteiger partial charge is 0.494 e. The number of hydrogen-bond donors (Lipinski definition) is 2. The molecule has 0 spiro atoms. The minimum atomic E-state index is -0.420. The first-order valence-corrected chi connectivity index (χ1v) is 8.63. The lowest BCUT2D eigenvalue weighted by Crippen LogP contribution is -2.44. The molecule has 1 heterocycles. The van der Waals surface area contributed by atoms with Gasteiger partial charge >= 0.3 is 0 Å². The summed E-state index contributed by atoms with van der Waals surface area (Å²) in [6.45, 7) is 7.74. The van der Waals surface area contributed by atoms with Gasteiger partial charge in [-0.3, -0.25) is 4.90 Å². The van der Waals surface area contributed by atoms with Gasteiger partial charge in [0, 0.05) is 32.7 Å². The van der Waals surface area contributed by atoms with Crippen molar-refractivity contribution in [2.75, 3.05) is 39.3 Å². The number of nitrogens with one attached hydrogen (secondary N) is 1. The first-order valence-electron chi connectivity index (χ1n) is 8.63. The molecule has 124 valence electrons. The maximum atomic E-state index is 10.3. The van der Waals surface area contributed by atoms with Gasteiger partial charge in [0.1, 0.15) is 5.75 Å². The Kier molecular flexibility index (Phi) is 7.71. The zero-order valence-electron chi connectivity index (χ0n) is 13.8. The first-order chi connectivity index (χ1) is 10.8. The summed E-state index contributed by atoms with van der Waals surface area (Å²) >= 11 is 0. The van der Waals surface area contributed by atoms with Crippen molar-refractivity contribution in [3.8, 4) is 5.75 Å². The van der Waals surface area contributed by atoms with Crippen LogP contribution in [0.3, 0.4) is 0 Å². The first kappa shape index (κ1) is 17.3. The Morgan fingerprint density at radius 3 is 2.55 bits per heavy atom. The molecule has 1 aliphatic heterocycles. The lowest BCUT2D eigenvalue weighted by Gasteiger charge is -2.29. The van der Waals surface area contributed by atoms with Gasteiger partial charge < -0.3 is 15.2 Å². The number of benzene rings is 1. The highest BCUT2D eigenvalue weighted by molar-refractivity contribution is 5.28. The van der Waals surface area contributed by atoms with Gasteiger partial charge in [-0.2, -0.15) is 0 Å². The van der Waals surface area contributed by atoms with Gasteiger partial charge in [-0.1, -0.05) is 38.3 Å². The number of aliphatic hydroxyl groups excluding tert-OH is 1. The number of rotatable bonds is 9. The molecular weight excluding hydrogens is 276 g/mol. The lowest BCUT2D eigenvalue weighted by molar-refractivity contribution is 0.105. The summed E-state index contributed by atoms with van der Waals surface area (Å²) in [6.07, 6.45) is 4.45. The number of aliphatic hydroxyl groups is 1. The fourth-order valence-electron chi connectivity index (χ4n) is 2.75. The summed E-state index contributed by atoms with van der Waals surface area (Å²) in [6, 6.07) is 7.90. The summed E-state index contributed by atoms with van der Waals surface area (Å²) in [4.78, 5) is 2.30. The Bertz CT molecular complexity index is 402. The van der Waals surface area contributed by atoms with Crippen molar-refractivity contribution in [3.63, 3.8) is 0 Å². The van der Waals surface area contributed by atoms with E-state index in [2.05, 4.69) is 17.1 Å². The third kappa shape index (κ3) is 5.95. The quantitative estimate of drug-likeness (QED) is 0.688. The number of β-amino-alcohol motifs (C(OH)–C–C–N with tert-alkyl or cyclic N) is 1. The monoisotopic (exact) mass is 306 g/mol. The molecular formula is C18H30N2O2. The van der Waals surface area contributed by atoms with Crippen LogP contribution in [-0.4, -0.2) is 49.3 Å². The minimum Gasteiger partial charge on any atom is -0.494 e. The van der Waals surface area contributed by atoms with Gasteiger partial charge in [-0.15, -0.1) is 0 Å². The molecule has 1 saturated heterocycles. The second-order valence-electron chi connectivity index (χ2n) is 6.04. The van der Waals surface area contributed by atoms with Crippen LogP contribution in [-0.2, 0) is 0 Å². The van der Waals surface area contributed by atoms with E-state index in [9.17, 15) is 5.11 Å². The van der Waals surface area contributed by atoms with Crippen LogP contribution in [0.15, 0.2) is 24.3 Å². The summed E-state index contributed by atoms with van der Waals surface area (Å²) < 4.78 is 5.74. The molecule has 1 fully saturated rings. The lowest BCUT2D eigenvalue weighted by atomic mass is 10.1. The summed E-state index contributed by atoms with van der Waals surface area (Å²) in [7, 11) is 0. The van der Waals surface area contributed by atoms with E-state index in [-0.39, 0.29) is 0 Å². The number of hydrogen-bond acceptors (Lipinski definition) is 4. The molecule has 0 amide bonds. The van der Waals surface area contributed by atoms with E-state index in [1.807, 2.05) is 24.3 Å². The van der Waals surface area contributed by atoms with Crippen molar-refractivity contribution in [2.45, 2.75) is 38.7 Å². The Morgan fingerprint density at radius 1 is 1.14 bits per heavy atom. The average molecular weight is 306 g/mol. The molecule has 0 saturated carbocycles. The highest BCUT2D eigenvalue weighted by Crippen LogP contribution is 2.19. The number of nitrogens with zero attached hydrogens (tertiary/aromatic N) is 1. The Balaban J connectivity index is 1.73. The van der Waals surface area contributed by atoms with Crippen LogP contribution in [0.25, 0.3) is 0 Å². The molecule has 4 nitrogen and oxygen atoms in total. The van der Waals surface area contributed by atoms with Crippen LogP contribution in [0.2, 0.25) is 0 Å². The van der Waals surface area contributed by atoms with E-state index in [1.54, 1.807) is 0 Å². The second-order valence-corrected chi connectivity index (χ2v) is 6.04. The molecule has 1 aromatic carbocycles. The van der Waals surface area contributed by atoms with Gasteiger partial charge in [0.15, 0.2) is 0 Å². The molecule has 1 aromatic rings. The number of unbranched alkanes of at least 4 members (excludes halogenated alkanes) is 3. The summed E-state index contributed by atoms with van der Waals surface area (Å²) in [5.74, 6) is 0.898. The standard InChI is InChI=1S/C18H30N2O2/c1-2-3-4-5-14-22-17-8-6-16(7-9-17)18(21)15-20-12-10-19-11-13-20/h6-9,18-19,21H,2-5,10-15H2,1H3. The van der Waals surface area contributed by atoms with E-state index in [1.165, 1.54) is 19.3 Å². The molecule has 1 atom stereocenters. The average Bonchev–Trinajstić information content (AvgIpc) is 2.56. The smallest absolute Gasteiger partial charge is 0.119 e. The molecule has 2 N–H and O–H groups in total. The van der Waals surface area contributed by atoms with Crippen molar-refractivity contribution in [1.82, 2.24) is 10.2 Å². The van der Waals surface area contributed by atoms with Crippen LogP contribution in [0.1, 0.15) is 44.3 Å². The number of piperazine rings is 1. The SMILES string of the molecule is CCCCCCOc1ccc(C(O)CN2CCNCC2)cc1. The second kappa shape index (κ2) is 9.82. The topological polar surface area (TPSA) is 44.7 Å². The van der Waals surface area contributed by atoms with Gasteiger partial charge in [0.2, 0.25) is 0 Å². The van der Waals surface area contributed by atoms with Crippen LogP contribution in [0.4, 0.5) is 0 Å². The van der Waals surface area contributed by atoms with Crippen LogP contribution >= 0.6 is 0 Å². The molecule has 22 heavy (non-hydrogen) atoms. The van der Waals surface area contributed by atoms with E-state index < -0.39 is 6.10 Å². The van der Waals surface area contributed by atoms with E-state index in [0.717, 1.165) is 50.5 Å². The Labute approximate surface area is 134 Å². The van der Waals surface area contributed by atoms with Crippen molar-refractivity contribution in [3.05, 3.63) is 29.8 Å². The van der Waals surface area contributed by atoms with Crippen molar-refractivity contribution in [2.24, 2.45) is 0 Å². The summed E-state index contributed by atoms with van der Waals surface area (Å²) in [5, 5.41) is 13.7. The highest BCUT2D eigenvalue weighted by atomic mass is 16.5. The Morgan fingerprint density at radius 2 is 1.86 bits per heavy atom. The van der Waals surface area contributed by atoms with Gasteiger partial charge in [-0.25, -0.2) is 0 Å². The van der Waals surface area contributed by atoms with Gasteiger partial charge in [0.25, 0.3) is 0 Å². The van der Waals surface area contributed by atoms with Gasteiger partial charge in [0.05, 0.1) is 12.7 Å². The van der Waals surface area contributed by atoms with E-state index in [4.69, 9.17) is 4.74 Å². The molecule has 4 heteroatoms. The Hall–Kier alpha value is -1.10. The van der Waals surface area contributed by atoms with Crippen molar-refractivity contribution in [1.29, 1.82) is 0 Å². The maximum Gasteiger partial charge on any atom is 0.119 e. The predicted molar refractivity (Wildman–Crippen MR) is 90.3 cm³/mol. The summed E-state index contributed by atoms with van der Waals surface area (Å²) in [5.41, 5.74) is 0.969. The van der Waals surface area contributed by atoms with Crippen LogP contribution in [0.5, 0.6) is 5.75 Å². The fraction of sp³-hybridized carbons (Fsp3) is 0.667. The molecule has 2 rings (SSSR count). The van der Waals surface area contributed by atoms with Crippen LogP contribution in [0, 0.1) is 0 Å². The normalized spacial score (nSPS) is 17.4. The molecule has 0 radical (unpaired) electrons. The van der Waals surface area contributed by atoms with E-state index in [0.29, 0.717) is 6.54 Å². The van der Waals surface area contributed by atoms with Gasteiger partial charge in [-0.05, 0) is 24.1 Å². The van der Waals surface area contributed by atoms with Crippen molar-refractivity contribution < 1.29 is 9.84 Å². The third-order valence-electron chi connectivity index (χ3n) is 4.17. The number of ether oxygens (including phenoxy) is 1. The third-order valence-corrected chi connectivity index (χ3v) is 4.17. The predicted octanol–water partition coefficient (Wildman–Crippen LogP) is 2.58. The van der Waals surface area contributed by atoms with Crippen molar-refractivity contribution >= 4 is 0 Å². The molecule has 1 aliphatic rings. The van der Waals surface area contributed by atoms with E-state index >= 15 is 0 Å².